The second kappa shape index (κ2) is 3.11. The number of hydrogen-bond donors (Lipinski definition) is 1. The average molecular weight is 160 g/mol. The largest absolute Gasteiger partial charge is 0.388 e. The molecule has 0 fully saturated rings. The third-order valence-electron chi connectivity index (χ3n) is 2.27. The highest BCUT2D eigenvalue weighted by Crippen LogP contribution is 2.27. The lowest BCUT2D eigenvalue weighted by atomic mass is 10.0. The molecular weight excluding hydrogens is 148 g/mol. The molecule has 1 unspecified atom stereocenters. The molecule has 0 saturated heterocycles. The molecular formula is C11H12O. The smallest absolute Gasteiger partial charge is 0.0795 e. The molecule has 0 heterocycles. The normalized spacial score (nSPS) is 22.4. The number of rotatable bonds is 1. The van der Waals surface area contributed by atoms with Gasteiger partial charge in [-0.05, 0) is 24.0 Å². The predicted molar refractivity (Wildman–Crippen MR) is 49.7 cm³/mol. The molecule has 1 aliphatic rings. The molecule has 0 spiro atoms. The first-order valence-electron chi connectivity index (χ1n) is 4.31. The van der Waals surface area contributed by atoms with Crippen molar-refractivity contribution in [1.29, 1.82) is 0 Å². The number of aliphatic hydroxyl groups excluding tert-OH is 1. The Hall–Kier alpha value is -1.08. The van der Waals surface area contributed by atoms with Crippen molar-refractivity contribution in [2.45, 2.75) is 18.9 Å². The quantitative estimate of drug-likeness (QED) is 0.668. The van der Waals surface area contributed by atoms with Crippen LogP contribution in [0.2, 0.25) is 0 Å². The van der Waals surface area contributed by atoms with Gasteiger partial charge in [-0.1, -0.05) is 36.4 Å². The standard InChI is InChI=1S/C11H12O/c12-11-8-4-7-10(11)9-5-2-1-3-6-9/h1-3,5-7,11-12H,4,8H2. The minimum atomic E-state index is -0.243. The lowest BCUT2D eigenvalue weighted by Crippen LogP contribution is -2.02. The summed E-state index contributed by atoms with van der Waals surface area (Å²) in [5.41, 5.74) is 2.25. The van der Waals surface area contributed by atoms with Gasteiger partial charge in [0.1, 0.15) is 0 Å². The number of benzene rings is 1. The topological polar surface area (TPSA) is 20.2 Å². The van der Waals surface area contributed by atoms with Gasteiger partial charge in [-0.25, -0.2) is 0 Å². The molecule has 1 atom stereocenters. The van der Waals surface area contributed by atoms with Crippen LogP contribution in [0, 0.1) is 0 Å². The number of aliphatic hydroxyl groups is 1. The Morgan fingerprint density at radius 3 is 2.50 bits per heavy atom. The van der Waals surface area contributed by atoms with Crippen LogP contribution in [-0.2, 0) is 0 Å². The van der Waals surface area contributed by atoms with Crippen LogP contribution >= 0.6 is 0 Å². The zero-order valence-corrected chi connectivity index (χ0v) is 6.90. The molecule has 0 saturated carbocycles. The molecule has 1 N–H and O–H groups in total. The van der Waals surface area contributed by atoms with Crippen LogP contribution in [0.15, 0.2) is 36.4 Å². The van der Waals surface area contributed by atoms with Crippen molar-refractivity contribution in [3.8, 4) is 0 Å². The van der Waals surface area contributed by atoms with Crippen molar-refractivity contribution in [3.63, 3.8) is 0 Å². The number of allylic oxidation sites excluding steroid dienone is 1. The van der Waals surface area contributed by atoms with Crippen LogP contribution in [-0.4, -0.2) is 11.2 Å². The molecule has 0 amide bonds. The van der Waals surface area contributed by atoms with E-state index in [1.54, 1.807) is 0 Å². The van der Waals surface area contributed by atoms with Gasteiger partial charge in [0.15, 0.2) is 0 Å². The molecule has 1 heteroatoms. The second-order valence-corrected chi connectivity index (χ2v) is 3.12. The van der Waals surface area contributed by atoms with Gasteiger partial charge in [-0.2, -0.15) is 0 Å². The highest BCUT2D eigenvalue weighted by molar-refractivity contribution is 5.70. The first kappa shape index (κ1) is 7.56. The third kappa shape index (κ3) is 1.28. The first-order valence-corrected chi connectivity index (χ1v) is 4.31. The van der Waals surface area contributed by atoms with E-state index >= 15 is 0 Å². The Morgan fingerprint density at radius 2 is 1.92 bits per heavy atom. The van der Waals surface area contributed by atoms with E-state index in [1.807, 2.05) is 30.3 Å². The Labute approximate surface area is 72.4 Å². The Kier molecular flexibility index (Phi) is 1.96. The van der Waals surface area contributed by atoms with Crippen LogP contribution in [0.4, 0.5) is 0 Å². The molecule has 0 radical (unpaired) electrons. The van der Waals surface area contributed by atoms with Crippen molar-refractivity contribution in [3.05, 3.63) is 42.0 Å². The summed E-state index contributed by atoms with van der Waals surface area (Å²) < 4.78 is 0. The second-order valence-electron chi connectivity index (χ2n) is 3.12. The van der Waals surface area contributed by atoms with Gasteiger partial charge < -0.3 is 5.11 Å². The van der Waals surface area contributed by atoms with Crippen molar-refractivity contribution in [1.82, 2.24) is 0 Å². The van der Waals surface area contributed by atoms with E-state index in [0.717, 1.165) is 24.0 Å². The van der Waals surface area contributed by atoms with Gasteiger partial charge >= 0.3 is 0 Å². The fourth-order valence-electron chi connectivity index (χ4n) is 1.63. The summed E-state index contributed by atoms with van der Waals surface area (Å²) in [7, 11) is 0. The summed E-state index contributed by atoms with van der Waals surface area (Å²) in [4.78, 5) is 0. The van der Waals surface area contributed by atoms with E-state index in [0.29, 0.717) is 0 Å². The molecule has 2 rings (SSSR count). The van der Waals surface area contributed by atoms with Gasteiger partial charge in [0.25, 0.3) is 0 Å². The summed E-state index contributed by atoms with van der Waals surface area (Å²) in [6.07, 6.45) is 3.77. The third-order valence-corrected chi connectivity index (χ3v) is 2.27. The van der Waals surface area contributed by atoms with E-state index in [-0.39, 0.29) is 6.10 Å². The van der Waals surface area contributed by atoms with E-state index in [1.165, 1.54) is 0 Å². The lowest BCUT2D eigenvalue weighted by Gasteiger charge is -2.07. The summed E-state index contributed by atoms with van der Waals surface area (Å²) in [5, 5.41) is 9.57. The molecule has 0 bridgehead atoms. The molecule has 1 nitrogen and oxygen atoms in total. The van der Waals surface area contributed by atoms with E-state index in [9.17, 15) is 5.11 Å². The maximum atomic E-state index is 9.57. The molecule has 1 aromatic rings. The monoisotopic (exact) mass is 160 g/mol. The van der Waals surface area contributed by atoms with Crippen molar-refractivity contribution in [2.24, 2.45) is 0 Å². The van der Waals surface area contributed by atoms with Crippen molar-refractivity contribution < 1.29 is 5.11 Å². The fourth-order valence-corrected chi connectivity index (χ4v) is 1.63. The molecule has 0 aliphatic heterocycles. The average Bonchev–Trinajstić information content (AvgIpc) is 2.53. The van der Waals surface area contributed by atoms with E-state index in [4.69, 9.17) is 0 Å². The van der Waals surface area contributed by atoms with Crippen molar-refractivity contribution >= 4 is 5.57 Å². The highest BCUT2D eigenvalue weighted by atomic mass is 16.3. The number of hydrogen-bond acceptors (Lipinski definition) is 1. The molecule has 1 aliphatic carbocycles. The van der Waals surface area contributed by atoms with Crippen LogP contribution in [0.25, 0.3) is 5.57 Å². The Balaban J connectivity index is 2.31. The van der Waals surface area contributed by atoms with Crippen LogP contribution in [0.3, 0.4) is 0 Å². The maximum Gasteiger partial charge on any atom is 0.0795 e. The molecule has 12 heavy (non-hydrogen) atoms. The fraction of sp³-hybridized carbons (Fsp3) is 0.273. The summed E-state index contributed by atoms with van der Waals surface area (Å²) in [5.74, 6) is 0. The maximum absolute atomic E-state index is 9.57. The first-order chi connectivity index (χ1) is 5.88. The highest BCUT2D eigenvalue weighted by Gasteiger charge is 2.16. The van der Waals surface area contributed by atoms with Crippen LogP contribution in [0.5, 0.6) is 0 Å². The van der Waals surface area contributed by atoms with Gasteiger partial charge in [0.05, 0.1) is 6.10 Å². The van der Waals surface area contributed by atoms with Crippen LogP contribution in [0.1, 0.15) is 18.4 Å². The molecule has 1 aromatic carbocycles. The van der Waals surface area contributed by atoms with Crippen molar-refractivity contribution in [2.75, 3.05) is 0 Å². The van der Waals surface area contributed by atoms with Gasteiger partial charge in [0, 0.05) is 0 Å². The Morgan fingerprint density at radius 1 is 1.17 bits per heavy atom. The van der Waals surface area contributed by atoms with Crippen LogP contribution < -0.4 is 0 Å². The minimum Gasteiger partial charge on any atom is -0.388 e. The van der Waals surface area contributed by atoms with Gasteiger partial charge in [0.2, 0.25) is 0 Å². The van der Waals surface area contributed by atoms with Gasteiger partial charge in [-0.15, -0.1) is 0 Å². The zero-order chi connectivity index (χ0) is 8.39. The summed E-state index contributed by atoms with van der Waals surface area (Å²) in [6, 6.07) is 10.1. The summed E-state index contributed by atoms with van der Waals surface area (Å²) >= 11 is 0. The molecule has 62 valence electrons. The summed E-state index contributed by atoms with van der Waals surface area (Å²) in [6.45, 7) is 0. The van der Waals surface area contributed by atoms with E-state index < -0.39 is 0 Å². The lowest BCUT2D eigenvalue weighted by molar-refractivity contribution is 0.231. The predicted octanol–water partition coefficient (Wildman–Crippen LogP) is 2.22. The van der Waals surface area contributed by atoms with E-state index in [2.05, 4.69) is 6.08 Å². The molecule has 0 aromatic heterocycles. The SMILES string of the molecule is OC1CCC=C1c1ccccc1. The zero-order valence-electron chi connectivity index (χ0n) is 6.90. The van der Waals surface area contributed by atoms with Gasteiger partial charge in [-0.3, -0.25) is 0 Å². The minimum absolute atomic E-state index is 0.243. The Bertz CT molecular complexity index is 287.